The van der Waals surface area contributed by atoms with Crippen molar-refractivity contribution in [3.63, 3.8) is 0 Å². The third kappa shape index (κ3) is 4.61. The summed E-state index contributed by atoms with van der Waals surface area (Å²) in [4.78, 5) is 14.2. The summed E-state index contributed by atoms with van der Waals surface area (Å²) >= 11 is 0. The molecule has 0 saturated carbocycles. The number of nitrogens with zero attached hydrogens (tertiary/aromatic N) is 1. The Labute approximate surface area is 141 Å². The van der Waals surface area contributed by atoms with Crippen molar-refractivity contribution in [2.75, 3.05) is 7.05 Å². The number of carbonyl (C=O) groups is 1. The van der Waals surface area contributed by atoms with Crippen molar-refractivity contribution < 1.29 is 13.6 Å². The van der Waals surface area contributed by atoms with Gasteiger partial charge in [0, 0.05) is 12.1 Å². The summed E-state index contributed by atoms with van der Waals surface area (Å²) in [5, 5.41) is 2.90. The topological polar surface area (TPSA) is 32.3 Å². The van der Waals surface area contributed by atoms with Gasteiger partial charge in [0.1, 0.15) is 11.6 Å². The third-order valence-corrected chi connectivity index (χ3v) is 4.15. The van der Waals surface area contributed by atoms with Gasteiger partial charge in [-0.3, -0.25) is 9.69 Å². The first kappa shape index (κ1) is 18.1. The zero-order valence-corrected chi connectivity index (χ0v) is 14.1. The van der Waals surface area contributed by atoms with Crippen molar-refractivity contribution in [3.8, 4) is 0 Å². The maximum atomic E-state index is 13.7. The quantitative estimate of drug-likeness (QED) is 0.875. The minimum atomic E-state index is -0.424. The highest BCUT2D eigenvalue weighted by Crippen LogP contribution is 2.15. The molecule has 0 bridgehead atoms. The Morgan fingerprint density at radius 2 is 1.71 bits per heavy atom. The summed E-state index contributed by atoms with van der Waals surface area (Å²) in [7, 11) is 1.78. The molecule has 2 aromatic carbocycles. The van der Waals surface area contributed by atoms with Crippen LogP contribution in [0.25, 0.3) is 0 Å². The molecule has 1 amide bonds. The molecule has 0 fully saturated rings. The fourth-order valence-electron chi connectivity index (χ4n) is 2.40. The predicted molar refractivity (Wildman–Crippen MR) is 90.3 cm³/mol. The van der Waals surface area contributed by atoms with Gasteiger partial charge in [0.25, 0.3) is 0 Å². The molecular formula is C19H22F2N2O. The van der Waals surface area contributed by atoms with E-state index in [1.807, 2.05) is 6.92 Å². The first-order chi connectivity index (χ1) is 11.4. The monoisotopic (exact) mass is 332 g/mol. The van der Waals surface area contributed by atoms with Gasteiger partial charge in [-0.25, -0.2) is 8.78 Å². The lowest BCUT2D eigenvalue weighted by Gasteiger charge is -2.26. The maximum absolute atomic E-state index is 13.7. The molecule has 1 N–H and O–H groups in total. The van der Waals surface area contributed by atoms with Crippen molar-refractivity contribution in [3.05, 3.63) is 71.3 Å². The van der Waals surface area contributed by atoms with Crippen molar-refractivity contribution in [2.24, 2.45) is 0 Å². The second-order valence-electron chi connectivity index (χ2n) is 5.96. The number of halogens is 2. The molecule has 0 saturated heterocycles. The number of hydrogen-bond donors (Lipinski definition) is 1. The van der Waals surface area contributed by atoms with Crippen molar-refractivity contribution in [1.82, 2.24) is 10.2 Å². The molecule has 24 heavy (non-hydrogen) atoms. The van der Waals surface area contributed by atoms with E-state index in [4.69, 9.17) is 0 Å². The third-order valence-electron chi connectivity index (χ3n) is 4.15. The van der Waals surface area contributed by atoms with E-state index in [9.17, 15) is 13.6 Å². The lowest BCUT2D eigenvalue weighted by Crippen LogP contribution is -2.43. The van der Waals surface area contributed by atoms with Crippen molar-refractivity contribution in [1.29, 1.82) is 0 Å². The van der Waals surface area contributed by atoms with Crippen LogP contribution in [0.3, 0.4) is 0 Å². The van der Waals surface area contributed by atoms with Crippen molar-refractivity contribution >= 4 is 5.91 Å². The first-order valence-electron chi connectivity index (χ1n) is 7.88. The van der Waals surface area contributed by atoms with Crippen LogP contribution < -0.4 is 5.32 Å². The Kier molecular flexibility index (Phi) is 6.04. The fraction of sp³-hybridized carbons (Fsp3) is 0.316. The Morgan fingerprint density at radius 1 is 1.08 bits per heavy atom. The van der Waals surface area contributed by atoms with Crippen LogP contribution in [0, 0.1) is 11.6 Å². The average Bonchev–Trinajstić information content (AvgIpc) is 2.56. The highest BCUT2D eigenvalue weighted by Gasteiger charge is 2.21. The van der Waals surface area contributed by atoms with E-state index in [1.54, 1.807) is 49.2 Å². The molecule has 0 heterocycles. The van der Waals surface area contributed by atoms with Crippen LogP contribution in [0.15, 0.2) is 48.5 Å². The molecule has 0 aliphatic carbocycles. The Hall–Kier alpha value is -2.27. The summed E-state index contributed by atoms with van der Waals surface area (Å²) < 4.78 is 26.7. The summed E-state index contributed by atoms with van der Waals surface area (Å²) in [5.41, 5.74) is 1.37. The Morgan fingerprint density at radius 3 is 2.33 bits per heavy atom. The van der Waals surface area contributed by atoms with Crippen molar-refractivity contribution in [2.45, 2.75) is 32.5 Å². The maximum Gasteiger partial charge on any atom is 0.237 e. The van der Waals surface area contributed by atoms with Crippen LogP contribution in [0.1, 0.15) is 31.0 Å². The lowest BCUT2D eigenvalue weighted by atomic mass is 10.1. The van der Waals surface area contributed by atoms with Crippen LogP contribution >= 0.6 is 0 Å². The Bertz CT molecular complexity index is 688. The van der Waals surface area contributed by atoms with Gasteiger partial charge in [-0.1, -0.05) is 30.3 Å². The predicted octanol–water partition coefficient (Wildman–Crippen LogP) is 3.66. The van der Waals surface area contributed by atoms with Crippen LogP contribution in [0.4, 0.5) is 8.78 Å². The molecule has 3 nitrogen and oxygen atoms in total. The molecule has 2 unspecified atom stereocenters. The minimum absolute atomic E-state index is 0.161. The number of hydrogen-bond acceptors (Lipinski definition) is 2. The molecular weight excluding hydrogens is 310 g/mol. The highest BCUT2D eigenvalue weighted by atomic mass is 19.1. The number of carbonyl (C=O) groups excluding carboxylic acids is 1. The van der Waals surface area contributed by atoms with Gasteiger partial charge in [-0.2, -0.15) is 0 Å². The largest absolute Gasteiger partial charge is 0.348 e. The molecule has 0 aliphatic rings. The van der Waals surface area contributed by atoms with E-state index in [2.05, 4.69) is 5.32 Å². The average molecular weight is 332 g/mol. The molecule has 0 aliphatic heterocycles. The number of rotatable bonds is 6. The summed E-state index contributed by atoms with van der Waals surface area (Å²) in [5.74, 6) is -0.752. The van der Waals surface area contributed by atoms with Gasteiger partial charge in [0.15, 0.2) is 0 Å². The van der Waals surface area contributed by atoms with Gasteiger partial charge in [-0.15, -0.1) is 0 Å². The number of benzene rings is 2. The zero-order valence-electron chi connectivity index (χ0n) is 14.1. The fourth-order valence-corrected chi connectivity index (χ4v) is 2.40. The summed E-state index contributed by atoms with van der Waals surface area (Å²) in [6.45, 7) is 3.95. The second kappa shape index (κ2) is 8.02. The number of likely N-dealkylation sites (N-methyl/N-ethyl adjacent to an activating group) is 1. The van der Waals surface area contributed by atoms with E-state index in [0.29, 0.717) is 12.1 Å². The molecule has 0 aromatic heterocycles. The smallest absolute Gasteiger partial charge is 0.237 e. The molecule has 5 heteroatoms. The van der Waals surface area contributed by atoms with E-state index in [-0.39, 0.29) is 23.6 Å². The van der Waals surface area contributed by atoms with Crippen LogP contribution in [-0.4, -0.2) is 23.9 Å². The highest BCUT2D eigenvalue weighted by molar-refractivity contribution is 5.81. The first-order valence-corrected chi connectivity index (χ1v) is 7.88. The van der Waals surface area contributed by atoms with Gasteiger partial charge in [-0.05, 0) is 44.7 Å². The number of nitrogens with one attached hydrogen (secondary N) is 1. The normalized spacial score (nSPS) is 13.6. The molecule has 2 aromatic rings. The van der Waals surface area contributed by atoms with Gasteiger partial charge in [0.2, 0.25) is 5.91 Å². The van der Waals surface area contributed by atoms with Crippen LogP contribution in [0.5, 0.6) is 0 Å². The van der Waals surface area contributed by atoms with E-state index in [1.165, 1.54) is 18.2 Å². The summed E-state index contributed by atoms with van der Waals surface area (Å²) in [6.07, 6.45) is 0. The van der Waals surface area contributed by atoms with Gasteiger partial charge >= 0.3 is 0 Å². The van der Waals surface area contributed by atoms with Crippen LogP contribution in [0.2, 0.25) is 0 Å². The second-order valence-corrected chi connectivity index (χ2v) is 5.96. The van der Waals surface area contributed by atoms with Gasteiger partial charge in [0.05, 0.1) is 12.1 Å². The number of amides is 1. The molecule has 2 rings (SSSR count). The van der Waals surface area contributed by atoms with E-state index >= 15 is 0 Å². The van der Waals surface area contributed by atoms with Crippen LogP contribution in [-0.2, 0) is 11.3 Å². The van der Waals surface area contributed by atoms with E-state index in [0.717, 1.165) is 5.56 Å². The zero-order chi connectivity index (χ0) is 17.7. The Balaban J connectivity index is 1.95. The standard InChI is InChI=1S/C19H22F2N2O/c1-13(15-8-10-17(20)11-9-15)22-19(24)14(2)23(3)12-16-6-4-5-7-18(16)21/h4-11,13-14H,12H2,1-3H3,(H,22,24). The lowest BCUT2D eigenvalue weighted by molar-refractivity contribution is -0.126. The molecule has 128 valence electrons. The summed E-state index contributed by atoms with van der Waals surface area (Å²) in [6, 6.07) is 11.9. The molecule has 0 radical (unpaired) electrons. The SMILES string of the molecule is CC(NC(=O)C(C)N(C)Cc1ccccc1F)c1ccc(F)cc1. The van der Waals surface area contributed by atoms with Gasteiger partial charge < -0.3 is 5.32 Å². The van der Waals surface area contributed by atoms with E-state index < -0.39 is 6.04 Å². The molecule has 2 atom stereocenters. The molecule has 0 spiro atoms. The minimum Gasteiger partial charge on any atom is -0.348 e.